The summed E-state index contributed by atoms with van der Waals surface area (Å²) in [5.41, 5.74) is 0. The Hall–Kier alpha value is -2.04. The Morgan fingerprint density at radius 3 is 2.55 bits per heavy atom. The lowest BCUT2D eigenvalue weighted by atomic mass is 10.0. The number of para-hydroxylation sites is 1. The molecule has 1 aliphatic heterocycles. The number of piperidine rings is 1. The second kappa shape index (κ2) is 8.41. The fraction of sp³-hybridized carbons (Fsp3) is 0.529. The van der Waals surface area contributed by atoms with E-state index in [1.165, 1.54) is 0 Å². The lowest BCUT2D eigenvalue weighted by Gasteiger charge is -2.32. The number of nitrogens with one attached hydrogen (secondary N) is 1. The summed E-state index contributed by atoms with van der Waals surface area (Å²) in [6, 6.07) is 9.08. The molecular weight excluding hydrogens is 280 g/mol. The molecule has 0 bridgehead atoms. The van der Waals surface area contributed by atoms with Crippen LogP contribution in [-0.4, -0.2) is 36.0 Å². The van der Waals surface area contributed by atoms with Crippen molar-refractivity contribution in [3.8, 4) is 5.75 Å². The van der Waals surface area contributed by atoms with Gasteiger partial charge in [-0.2, -0.15) is 0 Å². The highest BCUT2D eigenvalue weighted by molar-refractivity contribution is 5.76. The van der Waals surface area contributed by atoms with Crippen molar-refractivity contribution in [1.29, 1.82) is 0 Å². The Balaban J connectivity index is 1.71. The zero-order chi connectivity index (χ0) is 15.8. The van der Waals surface area contributed by atoms with Crippen LogP contribution in [0.1, 0.15) is 39.0 Å². The van der Waals surface area contributed by atoms with Crippen LogP contribution in [0.25, 0.3) is 0 Å². The maximum absolute atomic E-state index is 11.9. The first-order chi connectivity index (χ1) is 10.7. The van der Waals surface area contributed by atoms with Crippen LogP contribution in [0.3, 0.4) is 0 Å². The Labute approximate surface area is 131 Å². The van der Waals surface area contributed by atoms with Gasteiger partial charge in [-0.1, -0.05) is 31.5 Å². The number of amides is 2. The summed E-state index contributed by atoms with van der Waals surface area (Å²) in [6.07, 6.45) is 3.74. The van der Waals surface area contributed by atoms with Crippen LogP contribution in [-0.2, 0) is 4.79 Å². The largest absolute Gasteiger partial charge is 0.412 e. The number of hydrogen-bond acceptors (Lipinski definition) is 3. The van der Waals surface area contributed by atoms with E-state index in [1.807, 2.05) is 23.1 Å². The van der Waals surface area contributed by atoms with Gasteiger partial charge in [-0.05, 0) is 31.4 Å². The van der Waals surface area contributed by atoms with Gasteiger partial charge in [0.15, 0.2) is 0 Å². The first-order valence-electron chi connectivity index (χ1n) is 8.00. The molecule has 0 atom stereocenters. The van der Waals surface area contributed by atoms with Crippen LogP contribution >= 0.6 is 0 Å². The number of likely N-dealkylation sites (tertiary alicyclic amines) is 1. The normalized spacial score (nSPS) is 15.4. The topological polar surface area (TPSA) is 58.6 Å². The summed E-state index contributed by atoms with van der Waals surface area (Å²) < 4.78 is 5.21. The molecule has 0 unspecified atom stereocenters. The molecule has 1 aliphatic rings. The minimum atomic E-state index is -0.429. The van der Waals surface area contributed by atoms with Gasteiger partial charge in [-0.25, -0.2) is 4.79 Å². The number of ether oxygens (including phenoxy) is 1. The van der Waals surface area contributed by atoms with Crippen molar-refractivity contribution in [2.24, 2.45) is 0 Å². The van der Waals surface area contributed by atoms with E-state index in [-0.39, 0.29) is 11.9 Å². The Morgan fingerprint density at radius 2 is 1.91 bits per heavy atom. The minimum Gasteiger partial charge on any atom is -0.410 e. The van der Waals surface area contributed by atoms with Crippen molar-refractivity contribution in [2.45, 2.75) is 45.1 Å². The molecule has 0 aliphatic carbocycles. The Morgan fingerprint density at radius 1 is 1.23 bits per heavy atom. The highest BCUT2D eigenvalue weighted by Gasteiger charge is 2.23. The average Bonchev–Trinajstić information content (AvgIpc) is 2.54. The molecule has 120 valence electrons. The highest BCUT2D eigenvalue weighted by Crippen LogP contribution is 2.14. The second-order valence-electron chi connectivity index (χ2n) is 5.61. The number of benzene rings is 1. The third-order valence-corrected chi connectivity index (χ3v) is 3.87. The third-order valence-electron chi connectivity index (χ3n) is 3.87. The molecular formula is C17H24N2O3. The molecule has 1 fully saturated rings. The summed E-state index contributed by atoms with van der Waals surface area (Å²) in [5, 5.41) is 2.87. The first-order valence-corrected chi connectivity index (χ1v) is 8.00. The standard InChI is InChI=1S/C17H24N2O3/c1-2-3-9-16(20)19-12-10-14(11-13-19)18-17(21)22-15-7-5-4-6-8-15/h4-8,14H,2-3,9-13H2,1H3,(H,18,21). The molecule has 0 spiro atoms. The van der Waals surface area contributed by atoms with Crippen molar-refractivity contribution >= 4 is 12.0 Å². The fourth-order valence-corrected chi connectivity index (χ4v) is 2.55. The first kappa shape index (κ1) is 16.3. The molecule has 1 saturated heterocycles. The summed E-state index contributed by atoms with van der Waals surface area (Å²) in [7, 11) is 0. The van der Waals surface area contributed by atoms with Crippen LogP contribution < -0.4 is 10.1 Å². The number of carbonyl (C=O) groups is 2. The van der Waals surface area contributed by atoms with Crippen LogP contribution in [0.4, 0.5) is 4.79 Å². The lowest BCUT2D eigenvalue weighted by molar-refractivity contribution is -0.132. The van der Waals surface area contributed by atoms with Crippen molar-refractivity contribution in [2.75, 3.05) is 13.1 Å². The molecule has 0 aromatic heterocycles. The number of nitrogens with zero attached hydrogens (tertiary/aromatic N) is 1. The molecule has 1 aromatic carbocycles. The smallest absolute Gasteiger partial charge is 0.410 e. The summed E-state index contributed by atoms with van der Waals surface area (Å²) in [5.74, 6) is 0.763. The lowest BCUT2D eigenvalue weighted by Crippen LogP contribution is -2.47. The predicted octanol–water partition coefficient (Wildman–Crippen LogP) is 2.96. The van der Waals surface area contributed by atoms with Crippen molar-refractivity contribution in [3.05, 3.63) is 30.3 Å². The SMILES string of the molecule is CCCCC(=O)N1CCC(NC(=O)Oc2ccccc2)CC1. The summed E-state index contributed by atoms with van der Waals surface area (Å²) >= 11 is 0. The number of carbonyl (C=O) groups excluding carboxylic acids is 2. The zero-order valence-corrected chi connectivity index (χ0v) is 13.1. The average molecular weight is 304 g/mol. The van der Waals surface area contributed by atoms with E-state index in [1.54, 1.807) is 12.1 Å². The van der Waals surface area contributed by atoms with Crippen LogP contribution in [0.5, 0.6) is 5.75 Å². The number of rotatable bonds is 5. The van der Waals surface area contributed by atoms with E-state index in [0.717, 1.165) is 25.7 Å². The van der Waals surface area contributed by atoms with E-state index in [0.29, 0.717) is 25.3 Å². The van der Waals surface area contributed by atoms with Crippen molar-refractivity contribution in [1.82, 2.24) is 10.2 Å². The maximum atomic E-state index is 11.9. The third kappa shape index (κ3) is 5.06. The van der Waals surface area contributed by atoms with Crippen LogP contribution in [0.2, 0.25) is 0 Å². The Bertz CT molecular complexity index is 482. The van der Waals surface area contributed by atoms with Gasteiger partial charge in [0, 0.05) is 25.6 Å². The van der Waals surface area contributed by atoms with Gasteiger partial charge in [0.1, 0.15) is 5.75 Å². The summed E-state index contributed by atoms with van der Waals surface area (Å²) in [4.78, 5) is 25.7. The van der Waals surface area contributed by atoms with Crippen molar-refractivity contribution < 1.29 is 14.3 Å². The molecule has 2 rings (SSSR count). The maximum Gasteiger partial charge on any atom is 0.412 e. The quantitative estimate of drug-likeness (QED) is 0.910. The number of unbranched alkanes of at least 4 members (excludes halogenated alkanes) is 1. The molecule has 5 nitrogen and oxygen atoms in total. The monoisotopic (exact) mass is 304 g/mol. The van der Waals surface area contributed by atoms with Crippen LogP contribution in [0.15, 0.2) is 30.3 Å². The van der Waals surface area contributed by atoms with E-state index in [4.69, 9.17) is 4.74 Å². The molecule has 2 amide bonds. The van der Waals surface area contributed by atoms with Gasteiger partial charge in [-0.15, -0.1) is 0 Å². The van der Waals surface area contributed by atoms with Gasteiger partial charge >= 0.3 is 6.09 Å². The predicted molar refractivity (Wildman–Crippen MR) is 84.7 cm³/mol. The Kier molecular flexibility index (Phi) is 6.25. The molecule has 22 heavy (non-hydrogen) atoms. The molecule has 1 N–H and O–H groups in total. The molecule has 0 saturated carbocycles. The molecule has 0 radical (unpaired) electrons. The molecule has 5 heteroatoms. The minimum absolute atomic E-state index is 0.0754. The zero-order valence-electron chi connectivity index (χ0n) is 13.1. The van der Waals surface area contributed by atoms with Gasteiger partial charge in [0.2, 0.25) is 5.91 Å². The van der Waals surface area contributed by atoms with Gasteiger partial charge in [-0.3, -0.25) is 4.79 Å². The van der Waals surface area contributed by atoms with E-state index in [2.05, 4.69) is 12.2 Å². The van der Waals surface area contributed by atoms with Gasteiger partial charge < -0.3 is 15.0 Å². The molecule has 1 heterocycles. The summed E-state index contributed by atoms with van der Waals surface area (Å²) in [6.45, 7) is 3.50. The van der Waals surface area contributed by atoms with E-state index < -0.39 is 6.09 Å². The van der Waals surface area contributed by atoms with Gasteiger partial charge in [0.05, 0.1) is 0 Å². The fourth-order valence-electron chi connectivity index (χ4n) is 2.55. The van der Waals surface area contributed by atoms with Crippen LogP contribution in [0, 0.1) is 0 Å². The highest BCUT2D eigenvalue weighted by atomic mass is 16.6. The van der Waals surface area contributed by atoms with E-state index in [9.17, 15) is 9.59 Å². The van der Waals surface area contributed by atoms with Gasteiger partial charge in [0.25, 0.3) is 0 Å². The number of hydrogen-bond donors (Lipinski definition) is 1. The van der Waals surface area contributed by atoms with E-state index >= 15 is 0 Å². The molecule has 1 aromatic rings. The second-order valence-corrected chi connectivity index (χ2v) is 5.61. The van der Waals surface area contributed by atoms with Crippen molar-refractivity contribution in [3.63, 3.8) is 0 Å².